The van der Waals surface area contributed by atoms with E-state index in [4.69, 9.17) is 4.74 Å². The smallest absolute Gasteiger partial charge is 0.243 e. The lowest BCUT2D eigenvalue weighted by Gasteiger charge is -2.31. The van der Waals surface area contributed by atoms with Gasteiger partial charge < -0.3 is 4.74 Å². The molecule has 24 heavy (non-hydrogen) atoms. The van der Waals surface area contributed by atoms with Gasteiger partial charge in [-0.25, -0.2) is 17.5 Å². The van der Waals surface area contributed by atoms with Crippen molar-refractivity contribution >= 4 is 10.0 Å². The van der Waals surface area contributed by atoms with Gasteiger partial charge in [-0.15, -0.1) is 0 Å². The van der Waals surface area contributed by atoms with Crippen LogP contribution in [0.15, 0.2) is 35.4 Å². The summed E-state index contributed by atoms with van der Waals surface area (Å²) in [7, 11) is -3.91. The molecule has 0 unspecified atom stereocenters. The van der Waals surface area contributed by atoms with Crippen LogP contribution < -0.4 is 4.72 Å². The van der Waals surface area contributed by atoms with Crippen LogP contribution in [-0.2, 0) is 14.8 Å². The molecule has 1 aliphatic heterocycles. The van der Waals surface area contributed by atoms with Crippen molar-refractivity contribution in [1.29, 1.82) is 0 Å². The number of ether oxygens (including phenoxy) is 1. The Morgan fingerprint density at radius 3 is 3.00 bits per heavy atom. The molecule has 2 N–H and O–H groups in total. The lowest BCUT2D eigenvalue weighted by molar-refractivity contribution is -0.0287. The molecule has 130 valence electrons. The van der Waals surface area contributed by atoms with E-state index in [-0.39, 0.29) is 23.5 Å². The summed E-state index contributed by atoms with van der Waals surface area (Å²) in [6.07, 6.45) is 3.07. The van der Waals surface area contributed by atoms with Gasteiger partial charge in [0.2, 0.25) is 10.0 Å². The molecule has 3 rings (SSSR count). The number of aromatic nitrogens is 2. The molecule has 1 aliphatic rings. The molecular formula is C16H20FN3O3S. The summed E-state index contributed by atoms with van der Waals surface area (Å²) in [5.74, 6) is -0.753. The predicted molar refractivity (Wildman–Crippen MR) is 86.3 cm³/mol. The number of rotatable bonds is 5. The predicted octanol–water partition coefficient (Wildman–Crippen LogP) is 2.30. The van der Waals surface area contributed by atoms with E-state index in [1.807, 2.05) is 6.07 Å². The van der Waals surface area contributed by atoms with E-state index < -0.39 is 15.8 Å². The number of aromatic amines is 1. The molecule has 0 spiro atoms. The summed E-state index contributed by atoms with van der Waals surface area (Å²) in [5, 5.41) is 6.79. The van der Waals surface area contributed by atoms with Gasteiger partial charge in [0.1, 0.15) is 16.8 Å². The zero-order valence-corrected chi connectivity index (χ0v) is 14.1. The van der Waals surface area contributed by atoms with Crippen molar-refractivity contribution in [3.05, 3.63) is 47.5 Å². The number of benzene rings is 1. The zero-order valence-electron chi connectivity index (χ0n) is 13.3. The Balaban J connectivity index is 1.74. The number of H-pyrrole nitrogens is 1. The number of sulfonamides is 1. The van der Waals surface area contributed by atoms with Crippen molar-refractivity contribution in [3.8, 4) is 0 Å². The van der Waals surface area contributed by atoms with Gasteiger partial charge in [-0.2, -0.15) is 5.10 Å². The minimum Gasteiger partial charge on any atom is -0.372 e. The van der Waals surface area contributed by atoms with Crippen LogP contribution in [0.2, 0.25) is 0 Å². The maximum absolute atomic E-state index is 14.1. The Morgan fingerprint density at radius 2 is 2.25 bits per heavy atom. The fourth-order valence-electron chi connectivity index (χ4n) is 2.94. The zero-order chi connectivity index (χ0) is 17.2. The Kier molecular flexibility index (Phi) is 4.98. The van der Waals surface area contributed by atoms with E-state index in [9.17, 15) is 12.8 Å². The summed E-state index contributed by atoms with van der Waals surface area (Å²) < 4.78 is 47.3. The highest BCUT2D eigenvalue weighted by atomic mass is 32.2. The minimum absolute atomic E-state index is 0.0400. The lowest BCUT2D eigenvalue weighted by Crippen LogP contribution is -2.35. The molecule has 0 radical (unpaired) electrons. The summed E-state index contributed by atoms with van der Waals surface area (Å²) >= 11 is 0. The molecular weight excluding hydrogens is 333 g/mol. The van der Waals surface area contributed by atoms with Crippen molar-refractivity contribution in [2.75, 3.05) is 13.2 Å². The first-order chi connectivity index (χ1) is 11.5. The van der Waals surface area contributed by atoms with Gasteiger partial charge >= 0.3 is 0 Å². The molecule has 0 bridgehead atoms. The normalized spacial score (nSPS) is 21.8. The van der Waals surface area contributed by atoms with Gasteiger partial charge in [0, 0.05) is 25.3 Å². The highest BCUT2D eigenvalue weighted by Crippen LogP contribution is 2.32. The van der Waals surface area contributed by atoms with Crippen LogP contribution in [0.4, 0.5) is 4.39 Å². The monoisotopic (exact) mass is 353 g/mol. The molecule has 0 saturated carbocycles. The van der Waals surface area contributed by atoms with Gasteiger partial charge in [0.05, 0.1) is 5.69 Å². The second-order valence-electron chi connectivity index (χ2n) is 5.94. The van der Waals surface area contributed by atoms with E-state index in [1.165, 1.54) is 25.1 Å². The quantitative estimate of drug-likeness (QED) is 0.864. The Morgan fingerprint density at radius 1 is 1.42 bits per heavy atom. The third kappa shape index (κ3) is 3.50. The second-order valence-corrected chi connectivity index (χ2v) is 7.68. The van der Waals surface area contributed by atoms with Crippen LogP contribution in [0.25, 0.3) is 0 Å². The van der Waals surface area contributed by atoms with Crippen molar-refractivity contribution in [1.82, 2.24) is 14.9 Å². The number of nitrogens with zero attached hydrogens (tertiary/aromatic N) is 1. The first kappa shape index (κ1) is 17.1. The molecule has 2 aromatic rings. The Labute approximate surface area is 140 Å². The van der Waals surface area contributed by atoms with Crippen molar-refractivity contribution < 1.29 is 17.5 Å². The maximum atomic E-state index is 14.1. The summed E-state index contributed by atoms with van der Waals surface area (Å²) in [6.45, 7) is 2.34. The van der Waals surface area contributed by atoms with Crippen LogP contribution in [0.5, 0.6) is 0 Å². The van der Waals surface area contributed by atoms with Gasteiger partial charge in [-0.05, 0) is 37.5 Å². The van der Waals surface area contributed by atoms with Gasteiger partial charge in [-0.3, -0.25) is 5.10 Å². The maximum Gasteiger partial charge on any atom is 0.243 e. The molecule has 0 aliphatic carbocycles. The lowest BCUT2D eigenvalue weighted by atomic mass is 9.92. The average molecular weight is 353 g/mol. The first-order valence-corrected chi connectivity index (χ1v) is 9.33. The van der Waals surface area contributed by atoms with Crippen LogP contribution in [0.3, 0.4) is 0 Å². The molecule has 0 amide bonds. The van der Waals surface area contributed by atoms with Crippen LogP contribution in [0, 0.1) is 18.7 Å². The molecule has 1 aromatic carbocycles. The highest BCUT2D eigenvalue weighted by molar-refractivity contribution is 7.89. The summed E-state index contributed by atoms with van der Waals surface area (Å²) in [4.78, 5) is -0.322. The molecule has 2 heterocycles. The fraction of sp³-hybridized carbons (Fsp3) is 0.438. The molecule has 1 aromatic heterocycles. The summed E-state index contributed by atoms with van der Waals surface area (Å²) in [6, 6.07) is 6.16. The standard InChI is InChI=1S/C16H20FN3O3S/c1-11-4-2-6-14(15(11)17)24(21,22)19-10-12-5-3-9-23-16(12)13-7-8-18-20-13/h2,4,6-8,12,16,19H,3,5,9-10H2,1H3,(H,18,20)/t12-,16+/m0/s1. The van der Waals surface area contributed by atoms with Crippen molar-refractivity contribution in [2.45, 2.75) is 30.8 Å². The van der Waals surface area contributed by atoms with Gasteiger partial charge in [-0.1, -0.05) is 12.1 Å². The number of hydrogen-bond acceptors (Lipinski definition) is 4. The Hall–Kier alpha value is -1.77. The van der Waals surface area contributed by atoms with Crippen molar-refractivity contribution in [2.24, 2.45) is 5.92 Å². The van der Waals surface area contributed by atoms with E-state index in [2.05, 4.69) is 14.9 Å². The highest BCUT2D eigenvalue weighted by Gasteiger charge is 2.30. The van der Waals surface area contributed by atoms with E-state index in [1.54, 1.807) is 6.20 Å². The third-order valence-electron chi connectivity index (χ3n) is 4.26. The van der Waals surface area contributed by atoms with Crippen LogP contribution in [-0.4, -0.2) is 31.8 Å². The van der Waals surface area contributed by atoms with Crippen LogP contribution in [0.1, 0.15) is 30.2 Å². The van der Waals surface area contributed by atoms with Gasteiger partial charge in [0.15, 0.2) is 0 Å². The third-order valence-corrected chi connectivity index (χ3v) is 5.70. The fourth-order valence-corrected chi connectivity index (χ4v) is 4.19. The molecule has 1 fully saturated rings. The first-order valence-electron chi connectivity index (χ1n) is 7.84. The largest absolute Gasteiger partial charge is 0.372 e. The second kappa shape index (κ2) is 7.00. The summed E-state index contributed by atoms with van der Waals surface area (Å²) in [5.41, 5.74) is 1.12. The number of hydrogen-bond donors (Lipinski definition) is 2. The molecule has 2 atom stereocenters. The molecule has 6 nitrogen and oxygen atoms in total. The molecule has 1 saturated heterocycles. The number of aryl methyl sites for hydroxylation is 1. The SMILES string of the molecule is Cc1cccc(S(=O)(=O)NC[C@@H]2CCCO[C@H]2c2ccn[nH]2)c1F. The average Bonchev–Trinajstić information content (AvgIpc) is 3.10. The topological polar surface area (TPSA) is 84.1 Å². The van der Waals surface area contributed by atoms with E-state index in [0.717, 1.165) is 18.5 Å². The van der Waals surface area contributed by atoms with Crippen LogP contribution >= 0.6 is 0 Å². The van der Waals surface area contributed by atoms with E-state index >= 15 is 0 Å². The van der Waals surface area contributed by atoms with Gasteiger partial charge in [0.25, 0.3) is 0 Å². The number of halogens is 1. The number of nitrogens with one attached hydrogen (secondary N) is 2. The Bertz CT molecular complexity index is 793. The molecule has 8 heteroatoms. The minimum atomic E-state index is -3.91. The van der Waals surface area contributed by atoms with Crippen molar-refractivity contribution in [3.63, 3.8) is 0 Å². The van der Waals surface area contributed by atoms with E-state index in [0.29, 0.717) is 12.2 Å².